The lowest BCUT2D eigenvalue weighted by atomic mass is 10.0. The first kappa shape index (κ1) is 21.7. The van der Waals surface area contributed by atoms with Crippen LogP contribution in [0, 0.1) is 17.2 Å². The average molecular weight is 394 g/mol. The van der Waals surface area contributed by atoms with Gasteiger partial charge in [-0.2, -0.15) is 10.2 Å². The first-order chi connectivity index (χ1) is 13.5. The number of nitrogens with two attached hydrogens (primary N) is 1. The van der Waals surface area contributed by atoms with Crippen LogP contribution < -0.4 is 11.4 Å². The smallest absolute Gasteiger partial charge is 0.434 e. The fraction of sp³-hybridized carbons (Fsp3) is 0.667. The van der Waals surface area contributed by atoms with Crippen LogP contribution in [0.25, 0.3) is 0 Å². The van der Waals surface area contributed by atoms with Crippen molar-refractivity contribution >= 4 is 12.0 Å². The number of aliphatic hydroxyl groups is 1. The molecule has 0 aromatic carbocycles. The molecule has 28 heavy (non-hydrogen) atoms. The first-order valence-corrected chi connectivity index (χ1v) is 9.35. The molecule has 0 radical (unpaired) electrons. The summed E-state index contributed by atoms with van der Waals surface area (Å²) in [6, 6.07) is 3.30. The second kappa shape index (κ2) is 10.6. The Morgan fingerprint density at radius 3 is 2.82 bits per heavy atom. The number of carbonyl (C=O) groups is 1. The number of hydrogen-bond donors (Lipinski definition) is 2. The minimum absolute atomic E-state index is 0.0330. The van der Waals surface area contributed by atoms with Crippen LogP contribution in [0.15, 0.2) is 17.1 Å². The molecule has 0 aliphatic carbocycles. The van der Waals surface area contributed by atoms with E-state index >= 15 is 0 Å². The van der Waals surface area contributed by atoms with Crippen molar-refractivity contribution in [2.45, 2.75) is 57.5 Å². The van der Waals surface area contributed by atoms with Gasteiger partial charge in [0, 0.05) is 6.20 Å². The summed E-state index contributed by atoms with van der Waals surface area (Å²) in [5, 5.41) is 19.6. The van der Waals surface area contributed by atoms with Crippen LogP contribution in [-0.4, -0.2) is 46.2 Å². The number of aliphatic hydroxyl groups excluding tert-OH is 1. The Kier molecular flexibility index (Phi) is 8.22. The van der Waals surface area contributed by atoms with Crippen LogP contribution in [0.1, 0.15) is 45.3 Å². The molecule has 154 valence electrons. The van der Waals surface area contributed by atoms with Gasteiger partial charge in [0.05, 0.1) is 12.7 Å². The Bertz CT molecular complexity index is 746. The molecule has 10 nitrogen and oxygen atoms in total. The Balaban J connectivity index is 1.85. The lowest BCUT2D eigenvalue weighted by molar-refractivity contribution is -0.0595. The largest absolute Gasteiger partial charge is 0.508 e. The molecule has 0 spiro atoms. The molecule has 1 fully saturated rings. The molecule has 1 aromatic rings. The summed E-state index contributed by atoms with van der Waals surface area (Å²) in [6.45, 7) is 2.07. The van der Waals surface area contributed by atoms with E-state index in [-0.39, 0.29) is 19.0 Å². The van der Waals surface area contributed by atoms with Gasteiger partial charge < -0.3 is 25.1 Å². The standard InChI is InChI=1S/C18H26N4O6/c1-2-3-4-5-6-9-26-18(25)27-11-13-15(23)12(10-19)16(28-13)22-8-7-14(20)21-17(22)24/h7-8,12-13,15-16,23H,2-6,9,11H2,1H3,(H2,20,21,24)/t12-,13+,15-,16+/m0/s1. The molecule has 2 rings (SSSR count). The highest BCUT2D eigenvalue weighted by atomic mass is 16.7. The van der Waals surface area contributed by atoms with E-state index in [1.54, 1.807) is 0 Å². The second-order valence-electron chi connectivity index (χ2n) is 6.58. The Morgan fingerprint density at radius 1 is 1.39 bits per heavy atom. The van der Waals surface area contributed by atoms with Crippen molar-refractivity contribution in [3.8, 4) is 6.07 Å². The molecular weight excluding hydrogens is 368 g/mol. The Morgan fingerprint density at radius 2 is 2.14 bits per heavy atom. The summed E-state index contributed by atoms with van der Waals surface area (Å²) >= 11 is 0. The van der Waals surface area contributed by atoms with Crippen molar-refractivity contribution in [3.05, 3.63) is 22.7 Å². The summed E-state index contributed by atoms with van der Waals surface area (Å²) in [4.78, 5) is 27.2. The summed E-state index contributed by atoms with van der Waals surface area (Å²) < 4.78 is 16.6. The number of ether oxygens (including phenoxy) is 3. The third-order valence-electron chi connectivity index (χ3n) is 4.48. The molecule has 3 N–H and O–H groups in total. The third kappa shape index (κ3) is 5.68. The van der Waals surface area contributed by atoms with E-state index < -0.39 is 36.2 Å². The predicted octanol–water partition coefficient (Wildman–Crippen LogP) is 1.35. The minimum Gasteiger partial charge on any atom is -0.434 e. The zero-order valence-electron chi connectivity index (χ0n) is 15.8. The molecule has 2 heterocycles. The normalized spacial score (nSPS) is 23.9. The average Bonchev–Trinajstić information content (AvgIpc) is 2.98. The summed E-state index contributed by atoms with van der Waals surface area (Å²) in [5.41, 5.74) is 4.74. The van der Waals surface area contributed by atoms with Crippen LogP contribution in [0.4, 0.5) is 10.6 Å². The van der Waals surface area contributed by atoms with Gasteiger partial charge in [-0.15, -0.1) is 0 Å². The zero-order valence-corrected chi connectivity index (χ0v) is 15.8. The number of rotatable bonds is 9. The quantitative estimate of drug-likeness (QED) is 0.467. The van der Waals surface area contributed by atoms with Crippen molar-refractivity contribution in [2.24, 2.45) is 5.92 Å². The second-order valence-corrected chi connectivity index (χ2v) is 6.58. The molecule has 1 aliphatic rings. The van der Waals surface area contributed by atoms with Crippen LogP contribution >= 0.6 is 0 Å². The molecule has 1 aromatic heterocycles. The van der Waals surface area contributed by atoms with Crippen molar-refractivity contribution in [3.63, 3.8) is 0 Å². The van der Waals surface area contributed by atoms with Gasteiger partial charge in [-0.05, 0) is 12.5 Å². The van der Waals surface area contributed by atoms with Gasteiger partial charge in [0.1, 0.15) is 30.6 Å². The Labute approximate surface area is 162 Å². The van der Waals surface area contributed by atoms with Gasteiger partial charge in [-0.1, -0.05) is 32.6 Å². The first-order valence-electron chi connectivity index (χ1n) is 9.35. The minimum atomic E-state index is -1.25. The number of aromatic nitrogens is 2. The molecule has 0 saturated carbocycles. The van der Waals surface area contributed by atoms with Gasteiger partial charge in [0.2, 0.25) is 0 Å². The number of unbranched alkanes of at least 4 members (excludes halogenated alkanes) is 4. The Hall–Kier alpha value is -2.64. The molecule has 4 atom stereocenters. The molecule has 10 heteroatoms. The fourth-order valence-corrected chi connectivity index (χ4v) is 2.93. The van der Waals surface area contributed by atoms with Gasteiger partial charge >= 0.3 is 11.8 Å². The van der Waals surface area contributed by atoms with E-state index in [0.717, 1.165) is 36.7 Å². The molecule has 0 unspecified atom stereocenters. The fourth-order valence-electron chi connectivity index (χ4n) is 2.93. The number of hydrogen-bond acceptors (Lipinski definition) is 9. The van der Waals surface area contributed by atoms with Crippen molar-refractivity contribution in [2.75, 3.05) is 18.9 Å². The highest BCUT2D eigenvalue weighted by Gasteiger charge is 2.46. The van der Waals surface area contributed by atoms with Crippen LogP contribution in [0.3, 0.4) is 0 Å². The maximum Gasteiger partial charge on any atom is 0.508 e. The van der Waals surface area contributed by atoms with Crippen molar-refractivity contribution < 1.29 is 24.1 Å². The van der Waals surface area contributed by atoms with Gasteiger partial charge in [-0.25, -0.2) is 9.59 Å². The highest BCUT2D eigenvalue weighted by molar-refractivity contribution is 5.59. The highest BCUT2D eigenvalue weighted by Crippen LogP contribution is 2.33. The maximum absolute atomic E-state index is 12.0. The number of carbonyl (C=O) groups excluding carboxylic acids is 1. The monoisotopic (exact) mass is 394 g/mol. The summed E-state index contributed by atoms with van der Waals surface area (Å²) in [6.07, 6.45) is 2.28. The maximum atomic E-state index is 12.0. The SMILES string of the molecule is CCCCCCCOC(=O)OC[C@H]1O[C@@H](n2ccc(N)nc2=O)[C@@H](C#N)[C@@H]1O. The van der Waals surface area contributed by atoms with Gasteiger partial charge in [0.15, 0.2) is 6.23 Å². The topological polar surface area (TPSA) is 150 Å². The van der Waals surface area contributed by atoms with Crippen LogP contribution in [-0.2, 0) is 14.2 Å². The van der Waals surface area contributed by atoms with E-state index in [0.29, 0.717) is 0 Å². The summed E-state index contributed by atoms with van der Waals surface area (Å²) in [5.74, 6) is -1.00. The van der Waals surface area contributed by atoms with E-state index in [1.165, 1.54) is 12.3 Å². The van der Waals surface area contributed by atoms with Gasteiger partial charge in [-0.3, -0.25) is 4.57 Å². The van der Waals surface area contributed by atoms with Gasteiger partial charge in [0.25, 0.3) is 0 Å². The molecule has 1 saturated heterocycles. The van der Waals surface area contributed by atoms with E-state index in [9.17, 15) is 20.0 Å². The lowest BCUT2D eigenvalue weighted by Gasteiger charge is -2.16. The molecule has 0 bridgehead atoms. The number of nitrogens with zero attached hydrogens (tertiary/aromatic N) is 3. The molecule has 1 aliphatic heterocycles. The zero-order chi connectivity index (χ0) is 20.5. The molecule has 0 amide bonds. The predicted molar refractivity (Wildman–Crippen MR) is 98.0 cm³/mol. The van der Waals surface area contributed by atoms with E-state index in [4.69, 9.17) is 19.9 Å². The van der Waals surface area contributed by atoms with E-state index in [2.05, 4.69) is 11.9 Å². The summed E-state index contributed by atoms with van der Waals surface area (Å²) in [7, 11) is 0. The van der Waals surface area contributed by atoms with Crippen molar-refractivity contribution in [1.82, 2.24) is 9.55 Å². The van der Waals surface area contributed by atoms with Crippen LogP contribution in [0.2, 0.25) is 0 Å². The number of anilines is 1. The molecular formula is C18H26N4O6. The third-order valence-corrected chi connectivity index (χ3v) is 4.48. The van der Waals surface area contributed by atoms with E-state index in [1.807, 2.05) is 6.07 Å². The number of nitrogen functional groups attached to an aromatic ring is 1. The van der Waals surface area contributed by atoms with Crippen molar-refractivity contribution in [1.29, 1.82) is 5.26 Å². The van der Waals surface area contributed by atoms with Crippen LogP contribution in [0.5, 0.6) is 0 Å². The lowest BCUT2D eigenvalue weighted by Crippen LogP contribution is -2.32. The number of nitriles is 1.